The van der Waals surface area contributed by atoms with Gasteiger partial charge < -0.3 is 15.1 Å². The van der Waals surface area contributed by atoms with E-state index in [-0.39, 0.29) is 0 Å². The lowest BCUT2D eigenvalue weighted by atomic mass is 9.84. The lowest BCUT2D eigenvalue weighted by Crippen LogP contribution is -2.57. The molecule has 4 rings (SSSR count). The predicted octanol–water partition coefficient (Wildman–Crippen LogP) is 0.681. The number of nitrogens with one attached hydrogen (secondary N) is 1. The maximum absolute atomic E-state index is 12.2. The molecule has 1 aliphatic carbocycles. The molecule has 4 heteroatoms. The number of fused-ring (bicyclic) bond motifs is 3. The number of nitrogens with zero attached hydrogens (tertiary/aromatic N) is 2. The fourth-order valence-electron chi connectivity index (χ4n) is 3.54. The quantitative estimate of drug-likeness (QED) is 0.780. The monoisotopic (exact) mass is 251 g/mol. The van der Waals surface area contributed by atoms with Gasteiger partial charge in [-0.1, -0.05) is 0 Å². The van der Waals surface area contributed by atoms with Gasteiger partial charge in [0, 0.05) is 25.2 Å². The molecule has 4 aliphatic rings. The van der Waals surface area contributed by atoms with E-state index in [1.807, 2.05) is 4.90 Å². The summed E-state index contributed by atoms with van der Waals surface area (Å²) in [5.74, 6) is 1.11. The van der Waals surface area contributed by atoms with Gasteiger partial charge in [-0.3, -0.25) is 4.79 Å². The summed E-state index contributed by atoms with van der Waals surface area (Å²) in [6.45, 7) is 7.17. The molecule has 0 radical (unpaired) electrons. The van der Waals surface area contributed by atoms with Gasteiger partial charge in [0.15, 0.2) is 0 Å². The summed E-state index contributed by atoms with van der Waals surface area (Å²) in [6, 6.07) is 1.10. The van der Waals surface area contributed by atoms with Crippen LogP contribution in [0.15, 0.2) is 0 Å². The number of hydrogen-bond acceptors (Lipinski definition) is 3. The zero-order valence-electron chi connectivity index (χ0n) is 11.4. The highest BCUT2D eigenvalue weighted by Gasteiger charge is 2.35. The first-order valence-corrected chi connectivity index (χ1v) is 7.53. The first-order chi connectivity index (χ1) is 8.78. The molecule has 4 nitrogen and oxygen atoms in total. The van der Waals surface area contributed by atoms with E-state index in [4.69, 9.17) is 0 Å². The van der Waals surface area contributed by atoms with Gasteiger partial charge in [-0.05, 0) is 51.6 Å². The first-order valence-electron chi connectivity index (χ1n) is 7.53. The smallest absolute Gasteiger partial charge is 0.236 e. The topological polar surface area (TPSA) is 35.6 Å². The summed E-state index contributed by atoms with van der Waals surface area (Å²) >= 11 is 0. The van der Waals surface area contributed by atoms with Crippen LogP contribution in [-0.2, 0) is 4.79 Å². The zero-order chi connectivity index (χ0) is 12.5. The maximum atomic E-state index is 12.2. The van der Waals surface area contributed by atoms with E-state index in [0.717, 1.165) is 19.0 Å². The zero-order valence-corrected chi connectivity index (χ0v) is 11.4. The van der Waals surface area contributed by atoms with Crippen LogP contribution in [0.3, 0.4) is 0 Å². The Morgan fingerprint density at radius 1 is 1.28 bits per heavy atom. The standard InChI is InChI=1S/C14H25N3O/c1-2-17(12-3-4-12)14(18)9-15-13-10-16-7-5-11(13)6-8-16/h11-13,15H,2-10H2,1H3. The SMILES string of the molecule is CCN(C(=O)CNC1CN2CCC1CC2)C1CC1. The average molecular weight is 251 g/mol. The Hall–Kier alpha value is -0.610. The minimum atomic E-state index is 0.302. The number of amides is 1. The van der Waals surface area contributed by atoms with E-state index in [2.05, 4.69) is 17.1 Å². The van der Waals surface area contributed by atoms with Crippen molar-refractivity contribution in [1.29, 1.82) is 0 Å². The number of carbonyl (C=O) groups is 1. The van der Waals surface area contributed by atoms with Crippen LogP contribution in [-0.4, -0.2) is 60.5 Å². The third kappa shape index (κ3) is 2.54. The predicted molar refractivity (Wildman–Crippen MR) is 71.4 cm³/mol. The molecule has 1 N–H and O–H groups in total. The second kappa shape index (κ2) is 5.17. The molecule has 3 saturated heterocycles. The second-order valence-corrected chi connectivity index (χ2v) is 6.04. The molecule has 1 saturated carbocycles. The van der Waals surface area contributed by atoms with Crippen molar-refractivity contribution in [3.8, 4) is 0 Å². The Kier molecular flexibility index (Phi) is 3.57. The van der Waals surface area contributed by atoms with Crippen molar-refractivity contribution < 1.29 is 4.79 Å². The Morgan fingerprint density at radius 3 is 2.50 bits per heavy atom. The van der Waals surface area contributed by atoms with Gasteiger partial charge >= 0.3 is 0 Å². The van der Waals surface area contributed by atoms with E-state index in [9.17, 15) is 4.79 Å². The van der Waals surface area contributed by atoms with Gasteiger partial charge in [0.1, 0.15) is 0 Å². The molecule has 3 aliphatic heterocycles. The van der Waals surface area contributed by atoms with Crippen molar-refractivity contribution in [2.45, 2.75) is 44.7 Å². The van der Waals surface area contributed by atoms with Gasteiger partial charge in [0.05, 0.1) is 6.54 Å². The van der Waals surface area contributed by atoms with E-state index in [1.54, 1.807) is 0 Å². The lowest BCUT2D eigenvalue weighted by molar-refractivity contribution is -0.131. The molecule has 18 heavy (non-hydrogen) atoms. The van der Waals surface area contributed by atoms with Crippen LogP contribution >= 0.6 is 0 Å². The summed E-state index contributed by atoms with van der Waals surface area (Å²) < 4.78 is 0. The Labute approximate surface area is 110 Å². The highest BCUT2D eigenvalue weighted by molar-refractivity contribution is 5.78. The number of hydrogen-bond donors (Lipinski definition) is 1. The van der Waals surface area contributed by atoms with Crippen LogP contribution in [0.5, 0.6) is 0 Å². The third-order valence-electron chi connectivity index (χ3n) is 4.82. The van der Waals surface area contributed by atoms with Gasteiger partial charge in [0.25, 0.3) is 0 Å². The van der Waals surface area contributed by atoms with Crippen molar-refractivity contribution in [3.63, 3.8) is 0 Å². The van der Waals surface area contributed by atoms with Gasteiger partial charge in [-0.15, -0.1) is 0 Å². The van der Waals surface area contributed by atoms with E-state index >= 15 is 0 Å². The number of likely N-dealkylation sites (N-methyl/N-ethyl adjacent to an activating group) is 1. The van der Waals surface area contributed by atoms with Crippen molar-refractivity contribution in [2.75, 3.05) is 32.7 Å². The number of rotatable bonds is 5. The molecule has 3 heterocycles. The van der Waals surface area contributed by atoms with Gasteiger partial charge in [-0.2, -0.15) is 0 Å². The normalized spacial score (nSPS) is 34.6. The van der Waals surface area contributed by atoms with Crippen LogP contribution in [0.25, 0.3) is 0 Å². The van der Waals surface area contributed by atoms with Crippen LogP contribution in [0.4, 0.5) is 0 Å². The van der Waals surface area contributed by atoms with Crippen molar-refractivity contribution in [1.82, 2.24) is 15.1 Å². The molecule has 0 aromatic carbocycles. The number of piperidine rings is 3. The molecule has 0 spiro atoms. The second-order valence-electron chi connectivity index (χ2n) is 6.04. The van der Waals surface area contributed by atoms with Crippen molar-refractivity contribution >= 4 is 5.91 Å². The average Bonchev–Trinajstić information content (AvgIpc) is 3.23. The molecule has 1 amide bonds. The van der Waals surface area contributed by atoms with Crippen molar-refractivity contribution in [2.24, 2.45) is 5.92 Å². The summed E-state index contributed by atoms with van der Waals surface area (Å²) in [5.41, 5.74) is 0. The van der Waals surface area contributed by atoms with Crippen LogP contribution in [0.1, 0.15) is 32.6 Å². The minimum Gasteiger partial charge on any atom is -0.339 e. The minimum absolute atomic E-state index is 0.302. The van der Waals surface area contributed by atoms with Crippen LogP contribution in [0, 0.1) is 5.92 Å². The summed E-state index contributed by atoms with van der Waals surface area (Å²) in [5, 5.41) is 3.52. The molecule has 0 aromatic rings. The largest absolute Gasteiger partial charge is 0.339 e. The Bertz CT molecular complexity index is 308. The highest BCUT2D eigenvalue weighted by atomic mass is 16.2. The van der Waals surface area contributed by atoms with Crippen LogP contribution < -0.4 is 5.32 Å². The molecule has 1 unspecified atom stereocenters. The van der Waals surface area contributed by atoms with Gasteiger partial charge in [0.2, 0.25) is 5.91 Å². The fraction of sp³-hybridized carbons (Fsp3) is 0.929. The summed E-state index contributed by atoms with van der Waals surface area (Å²) in [4.78, 5) is 16.7. The van der Waals surface area contributed by atoms with Gasteiger partial charge in [-0.25, -0.2) is 0 Å². The number of carbonyl (C=O) groups excluding carboxylic acids is 1. The molecule has 0 aromatic heterocycles. The molecular weight excluding hydrogens is 226 g/mol. The maximum Gasteiger partial charge on any atom is 0.236 e. The molecule has 1 atom stereocenters. The summed E-state index contributed by atoms with van der Waals surface area (Å²) in [6.07, 6.45) is 5.04. The molecular formula is C14H25N3O. The molecule has 2 bridgehead atoms. The van der Waals surface area contributed by atoms with E-state index in [0.29, 0.717) is 24.5 Å². The third-order valence-corrected chi connectivity index (χ3v) is 4.82. The molecule has 102 valence electrons. The Morgan fingerprint density at radius 2 is 2.00 bits per heavy atom. The van der Waals surface area contributed by atoms with Crippen molar-refractivity contribution in [3.05, 3.63) is 0 Å². The first kappa shape index (κ1) is 12.4. The van der Waals surface area contributed by atoms with Crippen LogP contribution in [0.2, 0.25) is 0 Å². The highest BCUT2D eigenvalue weighted by Crippen LogP contribution is 2.28. The lowest BCUT2D eigenvalue weighted by Gasteiger charge is -2.45. The van der Waals surface area contributed by atoms with E-state index in [1.165, 1.54) is 38.8 Å². The molecule has 4 fully saturated rings. The fourth-order valence-corrected chi connectivity index (χ4v) is 3.54. The summed E-state index contributed by atoms with van der Waals surface area (Å²) in [7, 11) is 0. The van der Waals surface area contributed by atoms with E-state index < -0.39 is 0 Å². The Balaban J connectivity index is 1.47.